The molecule has 0 bridgehead atoms. The lowest BCUT2D eigenvalue weighted by atomic mass is 9.94. The summed E-state index contributed by atoms with van der Waals surface area (Å²) in [7, 11) is -4.14. The standard InChI is InChI=1S/C29H21ClF4N2O3S2/c1-28(37,29(32,33)34)18-13-14-35-24(16-18)22-7-4-5-17-15-25(40-27(17)22)26(21-6-2-3-8-23(21)30)36-41(38,39)20-11-9-19(31)10-12-20/h2-16,26,36-37H,1H3/t26-,28?/m1/s1. The molecule has 5 rings (SSSR count). The Morgan fingerprint density at radius 2 is 1.68 bits per heavy atom. The van der Waals surface area contributed by atoms with E-state index in [2.05, 4.69) is 9.71 Å². The summed E-state index contributed by atoms with van der Waals surface area (Å²) in [5.41, 5.74) is -2.29. The van der Waals surface area contributed by atoms with E-state index in [1.54, 1.807) is 48.5 Å². The first-order valence-corrected chi connectivity index (χ1v) is 14.8. The first kappa shape index (κ1) is 29.2. The van der Waals surface area contributed by atoms with Gasteiger partial charge in [0.2, 0.25) is 10.0 Å². The maximum atomic E-state index is 13.5. The fourth-order valence-electron chi connectivity index (χ4n) is 4.29. The van der Waals surface area contributed by atoms with Crippen LogP contribution >= 0.6 is 22.9 Å². The number of alkyl halides is 3. The largest absolute Gasteiger partial charge is 0.421 e. The Bertz CT molecular complexity index is 1840. The number of hydrogen-bond acceptors (Lipinski definition) is 5. The van der Waals surface area contributed by atoms with Gasteiger partial charge in [-0.2, -0.15) is 17.9 Å². The van der Waals surface area contributed by atoms with E-state index in [4.69, 9.17) is 11.6 Å². The molecule has 5 aromatic rings. The lowest BCUT2D eigenvalue weighted by molar-refractivity contribution is -0.258. The Labute approximate surface area is 242 Å². The molecule has 0 spiro atoms. The average molecular weight is 621 g/mol. The smallest absolute Gasteiger partial charge is 0.376 e. The average Bonchev–Trinajstić information content (AvgIpc) is 3.36. The van der Waals surface area contributed by atoms with Gasteiger partial charge in [0.1, 0.15) is 5.82 Å². The number of sulfonamides is 1. The summed E-state index contributed by atoms with van der Waals surface area (Å²) in [4.78, 5) is 4.66. The number of hydrogen-bond donors (Lipinski definition) is 2. The van der Waals surface area contributed by atoms with Crippen molar-refractivity contribution in [3.05, 3.63) is 118 Å². The molecule has 0 saturated heterocycles. The van der Waals surface area contributed by atoms with Crippen LogP contribution in [0.25, 0.3) is 21.3 Å². The Balaban J connectivity index is 1.63. The second kappa shape index (κ2) is 10.8. The third kappa shape index (κ3) is 5.73. The van der Waals surface area contributed by atoms with Gasteiger partial charge in [-0.1, -0.05) is 48.0 Å². The second-order valence-corrected chi connectivity index (χ2v) is 12.6. The fraction of sp³-hybridized carbons (Fsp3) is 0.138. The van der Waals surface area contributed by atoms with Crippen LogP contribution < -0.4 is 4.72 Å². The van der Waals surface area contributed by atoms with Gasteiger partial charge in [-0.3, -0.25) is 4.98 Å². The molecule has 0 amide bonds. The topological polar surface area (TPSA) is 79.3 Å². The first-order chi connectivity index (χ1) is 19.3. The minimum Gasteiger partial charge on any atom is -0.376 e. The van der Waals surface area contributed by atoms with E-state index in [9.17, 15) is 31.1 Å². The van der Waals surface area contributed by atoms with Crippen molar-refractivity contribution in [2.45, 2.75) is 29.6 Å². The van der Waals surface area contributed by atoms with Crippen molar-refractivity contribution >= 4 is 43.0 Å². The predicted molar refractivity (Wildman–Crippen MR) is 151 cm³/mol. The number of aliphatic hydroxyl groups is 1. The Morgan fingerprint density at radius 1 is 0.976 bits per heavy atom. The molecule has 0 saturated carbocycles. The van der Waals surface area contributed by atoms with Crippen LogP contribution in [-0.2, 0) is 15.6 Å². The molecule has 0 aliphatic heterocycles. The van der Waals surface area contributed by atoms with Crippen LogP contribution in [0, 0.1) is 5.82 Å². The van der Waals surface area contributed by atoms with E-state index in [-0.39, 0.29) is 16.2 Å². The summed E-state index contributed by atoms with van der Waals surface area (Å²) in [5, 5.41) is 11.2. The number of fused-ring (bicyclic) bond motifs is 1. The molecule has 5 nitrogen and oxygen atoms in total. The van der Waals surface area contributed by atoms with Crippen molar-refractivity contribution in [1.82, 2.24) is 9.71 Å². The molecule has 1 unspecified atom stereocenters. The summed E-state index contributed by atoms with van der Waals surface area (Å²) in [5.74, 6) is -0.585. The van der Waals surface area contributed by atoms with Crippen LogP contribution in [0.5, 0.6) is 0 Å². The third-order valence-corrected chi connectivity index (χ3v) is 9.64. The number of benzene rings is 3. The van der Waals surface area contributed by atoms with Crippen molar-refractivity contribution in [3.8, 4) is 11.3 Å². The van der Waals surface area contributed by atoms with Gasteiger partial charge < -0.3 is 5.11 Å². The van der Waals surface area contributed by atoms with Gasteiger partial charge in [-0.15, -0.1) is 11.3 Å². The molecule has 0 aliphatic rings. The molecule has 2 atom stereocenters. The lowest BCUT2D eigenvalue weighted by Gasteiger charge is -2.26. The van der Waals surface area contributed by atoms with Crippen LogP contribution in [0.3, 0.4) is 0 Å². The van der Waals surface area contributed by atoms with Gasteiger partial charge in [0.25, 0.3) is 0 Å². The molecule has 12 heteroatoms. The molecule has 212 valence electrons. The van der Waals surface area contributed by atoms with Gasteiger partial charge >= 0.3 is 6.18 Å². The van der Waals surface area contributed by atoms with Crippen LogP contribution in [0.4, 0.5) is 17.6 Å². The zero-order valence-electron chi connectivity index (χ0n) is 21.2. The first-order valence-electron chi connectivity index (χ1n) is 12.1. The highest BCUT2D eigenvalue weighted by atomic mass is 35.5. The zero-order valence-corrected chi connectivity index (χ0v) is 23.5. The molecular weight excluding hydrogens is 600 g/mol. The van der Waals surface area contributed by atoms with E-state index in [0.717, 1.165) is 30.3 Å². The molecule has 0 radical (unpaired) electrons. The van der Waals surface area contributed by atoms with Crippen molar-refractivity contribution in [2.75, 3.05) is 0 Å². The number of rotatable bonds is 7. The van der Waals surface area contributed by atoms with Crippen molar-refractivity contribution in [2.24, 2.45) is 0 Å². The Kier molecular flexibility index (Phi) is 7.68. The monoisotopic (exact) mass is 620 g/mol. The van der Waals surface area contributed by atoms with Crippen LogP contribution in [0.1, 0.15) is 29.0 Å². The molecule has 2 N–H and O–H groups in total. The molecule has 3 aromatic carbocycles. The van der Waals surface area contributed by atoms with Crippen molar-refractivity contribution < 1.29 is 31.1 Å². The van der Waals surface area contributed by atoms with E-state index < -0.39 is 33.7 Å². The molecule has 0 aliphatic carbocycles. The number of nitrogens with zero attached hydrogens (tertiary/aromatic N) is 1. The van der Waals surface area contributed by atoms with Crippen molar-refractivity contribution in [3.63, 3.8) is 0 Å². The highest BCUT2D eigenvalue weighted by molar-refractivity contribution is 7.89. The minimum absolute atomic E-state index is 0.143. The van der Waals surface area contributed by atoms with E-state index in [0.29, 0.717) is 38.0 Å². The zero-order chi connectivity index (χ0) is 29.6. The summed E-state index contributed by atoms with van der Waals surface area (Å²) in [6.45, 7) is 0.678. The maximum Gasteiger partial charge on any atom is 0.421 e. The number of halogens is 5. The Hall–Kier alpha value is -3.35. The maximum absolute atomic E-state index is 13.5. The van der Waals surface area contributed by atoms with Gasteiger partial charge in [-0.05, 0) is 72.0 Å². The van der Waals surface area contributed by atoms with E-state index in [1.807, 2.05) is 0 Å². The number of aromatic nitrogens is 1. The molecule has 0 fully saturated rings. The quantitative estimate of drug-likeness (QED) is 0.184. The van der Waals surface area contributed by atoms with Crippen LogP contribution in [0.15, 0.2) is 96.0 Å². The fourth-order valence-corrected chi connectivity index (χ4v) is 7.06. The summed E-state index contributed by atoms with van der Waals surface area (Å²) < 4.78 is 84.0. The normalized spacial score (nSPS) is 14.6. The number of nitrogens with one attached hydrogen (secondary N) is 1. The lowest BCUT2D eigenvalue weighted by Crippen LogP contribution is -2.39. The summed E-state index contributed by atoms with van der Waals surface area (Å²) in [6.07, 6.45) is -3.71. The van der Waals surface area contributed by atoms with E-state index in [1.165, 1.54) is 23.6 Å². The van der Waals surface area contributed by atoms with Gasteiger partial charge in [0, 0.05) is 26.4 Å². The summed E-state index contributed by atoms with van der Waals surface area (Å²) in [6, 6.07) is 19.4. The van der Waals surface area contributed by atoms with Gasteiger partial charge in [0.05, 0.1) is 16.6 Å². The SMILES string of the molecule is CC(O)(c1ccnc(-c2cccc3cc([C@H](NS(=O)(=O)c4ccc(F)cc4)c4ccccc4Cl)sc23)c1)C(F)(F)F. The van der Waals surface area contributed by atoms with Gasteiger partial charge in [0.15, 0.2) is 5.60 Å². The highest BCUT2D eigenvalue weighted by Gasteiger charge is 2.51. The molecule has 41 heavy (non-hydrogen) atoms. The predicted octanol–water partition coefficient (Wildman–Crippen LogP) is 7.59. The third-order valence-electron chi connectivity index (χ3n) is 6.61. The molecule has 2 heterocycles. The number of thiophene rings is 1. The van der Waals surface area contributed by atoms with Crippen LogP contribution in [0.2, 0.25) is 5.02 Å². The van der Waals surface area contributed by atoms with Crippen LogP contribution in [-0.4, -0.2) is 24.7 Å². The van der Waals surface area contributed by atoms with Gasteiger partial charge in [-0.25, -0.2) is 12.8 Å². The van der Waals surface area contributed by atoms with Crippen molar-refractivity contribution in [1.29, 1.82) is 0 Å². The Morgan fingerprint density at radius 3 is 2.37 bits per heavy atom. The summed E-state index contributed by atoms with van der Waals surface area (Å²) >= 11 is 7.70. The number of pyridine rings is 1. The highest BCUT2D eigenvalue weighted by Crippen LogP contribution is 2.42. The second-order valence-electron chi connectivity index (χ2n) is 9.40. The minimum atomic E-state index is -4.91. The molecule has 2 aromatic heterocycles. The van der Waals surface area contributed by atoms with E-state index >= 15 is 0 Å². The molecular formula is C29H21ClF4N2O3S2.